The van der Waals surface area contributed by atoms with Crippen molar-refractivity contribution < 1.29 is 13.9 Å². The van der Waals surface area contributed by atoms with Crippen LogP contribution in [0.25, 0.3) is 0 Å². The van der Waals surface area contributed by atoms with Gasteiger partial charge in [0, 0.05) is 22.7 Å². The lowest BCUT2D eigenvalue weighted by molar-refractivity contribution is 0.277. The fraction of sp³-hybridized carbons (Fsp3) is 0.625. The summed E-state index contributed by atoms with van der Waals surface area (Å²) in [5.74, 6) is 3.46. The van der Waals surface area contributed by atoms with E-state index in [9.17, 15) is 0 Å². The number of methoxy groups -OCH3 is 2. The molecule has 0 fully saturated rings. The molecule has 206 valence electrons. The molecule has 3 rings (SSSR count). The van der Waals surface area contributed by atoms with Crippen molar-refractivity contribution in [3.63, 3.8) is 0 Å². The zero-order valence-corrected chi connectivity index (χ0v) is 26.4. The van der Waals surface area contributed by atoms with E-state index in [0.29, 0.717) is 11.0 Å². The number of rotatable bonds is 13. The molecule has 0 bridgehead atoms. The van der Waals surface area contributed by atoms with Crippen molar-refractivity contribution in [2.75, 3.05) is 26.6 Å². The number of fused-ring (bicyclic) bond motifs is 1. The summed E-state index contributed by atoms with van der Waals surface area (Å²) in [6, 6.07) is 15.4. The van der Waals surface area contributed by atoms with Gasteiger partial charge < -0.3 is 13.9 Å². The summed E-state index contributed by atoms with van der Waals surface area (Å²) < 4.78 is 17.3. The molecule has 37 heavy (non-hydrogen) atoms. The van der Waals surface area contributed by atoms with Crippen LogP contribution in [0.4, 0.5) is 0 Å². The molecule has 0 aromatic heterocycles. The third-order valence-electron chi connectivity index (χ3n) is 8.80. The number of benzene rings is 2. The second-order valence-corrected chi connectivity index (χ2v) is 18.2. The Kier molecular flexibility index (Phi) is 10.6. The van der Waals surface area contributed by atoms with Crippen LogP contribution in [0.15, 0.2) is 47.4 Å². The summed E-state index contributed by atoms with van der Waals surface area (Å²) in [6.45, 7) is 15.0. The molecule has 5 heteroatoms. The monoisotopic (exact) mass is 542 g/mol. The van der Waals surface area contributed by atoms with E-state index in [-0.39, 0.29) is 5.41 Å². The number of thioether (sulfide) groups is 1. The van der Waals surface area contributed by atoms with Gasteiger partial charge in [0.15, 0.2) is 8.32 Å². The quantitative estimate of drug-likeness (QED) is 0.186. The molecule has 1 aliphatic rings. The smallest absolute Gasteiger partial charge is 0.191 e. The largest absolute Gasteiger partial charge is 0.497 e. The van der Waals surface area contributed by atoms with Gasteiger partial charge in [-0.3, -0.25) is 0 Å². The predicted molar refractivity (Wildman–Crippen MR) is 162 cm³/mol. The molecule has 3 nitrogen and oxygen atoms in total. The molecular formula is C32H50O3SSi. The third-order valence-corrected chi connectivity index (χ3v) is 14.7. The highest BCUT2D eigenvalue weighted by Gasteiger charge is 2.41. The minimum absolute atomic E-state index is 0.0968. The van der Waals surface area contributed by atoms with Crippen LogP contribution in [0.3, 0.4) is 0 Å². The predicted octanol–water partition coefficient (Wildman–Crippen LogP) is 9.60. The highest BCUT2D eigenvalue weighted by molar-refractivity contribution is 7.99. The first kappa shape index (κ1) is 30.1. The van der Waals surface area contributed by atoms with E-state index in [2.05, 4.69) is 83.3 Å². The van der Waals surface area contributed by atoms with E-state index in [1.165, 1.54) is 61.0 Å². The van der Waals surface area contributed by atoms with E-state index in [1.807, 2.05) is 11.8 Å². The van der Waals surface area contributed by atoms with Crippen LogP contribution in [0, 0.1) is 0 Å². The molecular weight excluding hydrogens is 493 g/mol. The maximum absolute atomic E-state index is 6.35. The van der Waals surface area contributed by atoms with Crippen LogP contribution < -0.4 is 9.47 Å². The Balaban J connectivity index is 1.56. The van der Waals surface area contributed by atoms with Gasteiger partial charge in [-0.1, -0.05) is 78.0 Å². The van der Waals surface area contributed by atoms with Crippen molar-refractivity contribution >= 4 is 20.1 Å². The van der Waals surface area contributed by atoms with Crippen molar-refractivity contribution in [2.45, 2.75) is 107 Å². The number of unbranched alkanes of at least 4 members (excludes halogenated alkanes) is 5. The molecule has 2 aromatic carbocycles. The summed E-state index contributed by atoms with van der Waals surface area (Å²) in [5, 5.41) is 0.300. The van der Waals surface area contributed by atoms with E-state index in [1.54, 1.807) is 14.2 Å². The summed E-state index contributed by atoms with van der Waals surface area (Å²) in [7, 11) is 1.89. The maximum atomic E-state index is 6.35. The second-order valence-electron chi connectivity index (χ2n) is 12.4. The number of hydrogen-bond acceptors (Lipinski definition) is 4. The maximum Gasteiger partial charge on any atom is 0.191 e. The average molecular weight is 543 g/mol. The average Bonchev–Trinajstić information content (AvgIpc) is 2.87. The van der Waals surface area contributed by atoms with Crippen LogP contribution in [0.1, 0.15) is 89.7 Å². The summed E-state index contributed by atoms with van der Waals surface area (Å²) in [4.78, 5) is 1.39. The van der Waals surface area contributed by atoms with Crippen molar-refractivity contribution in [2.24, 2.45) is 0 Å². The molecule has 0 spiro atoms. The van der Waals surface area contributed by atoms with Crippen molar-refractivity contribution in [3.05, 3.63) is 53.6 Å². The van der Waals surface area contributed by atoms with Gasteiger partial charge in [0.25, 0.3) is 0 Å². The molecule has 1 heterocycles. The van der Waals surface area contributed by atoms with E-state index >= 15 is 0 Å². The normalized spacial score (nSPS) is 19.9. The summed E-state index contributed by atoms with van der Waals surface area (Å²) >= 11 is 1.97. The lowest BCUT2D eigenvalue weighted by Crippen LogP contribution is -2.40. The Morgan fingerprint density at radius 3 is 2.08 bits per heavy atom. The Bertz CT molecular complexity index is 983. The van der Waals surface area contributed by atoms with E-state index < -0.39 is 8.32 Å². The molecule has 0 radical (unpaired) electrons. The van der Waals surface area contributed by atoms with Crippen molar-refractivity contribution in [1.82, 2.24) is 0 Å². The van der Waals surface area contributed by atoms with Gasteiger partial charge in [-0.25, -0.2) is 0 Å². The standard InChI is InChI=1S/C32H50O3SSi/c1-31(2,3)37(7,8)35-22-14-12-10-9-11-13-15-29-28-21-20-27(34-6)23-30(28)36-24-32(29,4)25-16-18-26(33-5)19-17-25/h16-21,23,29H,9-15,22,24H2,1-8H3. The Morgan fingerprint density at radius 1 is 0.865 bits per heavy atom. The Labute approximate surface area is 232 Å². The zero-order valence-electron chi connectivity index (χ0n) is 24.6. The number of ether oxygens (including phenoxy) is 2. The number of hydrogen-bond donors (Lipinski definition) is 0. The fourth-order valence-electron chi connectivity index (χ4n) is 5.16. The Morgan fingerprint density at radius 2 is 1.46 bits per heavy atom. The van der Waals surface area contributed by atoms with Crippen molar-refractivity contribution in [1.29, 1.82) is 0 Å². The molecule has 1 aliphatic heterocycles. The minimum Gasteiger partial charge on any atom is -0.497 e. The topological polar surface area (TPSA) is 27.7 Å². The lowest BCUT2D eigenvalue weighted by atomic mass is 9.68. The van der Waals surface area contributed by atoms with Gasteiger partial charge in [0.2, 0.25) is 0 Å². The first-order valence-corrected chi connectivity index (χ1v) is 18.0. The van der Waals surface area contributed by atoms with E-state index in [4.69, 9.17) is 13.9 Å². The summed E-state index contributed by atoms with van der Waals surface area (Å²) in [6.07, 6.45) is 8.89. The highest BCUT2D eigenvalue weighted by Crippen LogP contribution is 2.52. The van der Waals surface area contributed by atoms with Crippen LogP contribution >= 0.6 is 11.8 Å². The fourth-order valence-corrected chi connectivity index (χ4v) is 7.65. The van der Waals surface area contributed by atoms with Crippen molar-refractivity contribution in [3.8, 4) is 11.5 Å². The van der Waals surface area contributed by atoms with Gasteiger partial charge in [-0.2, -0.15) is 0 Å². The molecule has 0 aliphatic carbocycles. The molecule has 2 atom stereocenters. The lowest BCUT2D eigenvalue weighted by Gasteiger charge is -2.43. The molecule has 2 aromatic rings. The summed E-state index contributed by atoms with van der Waals surface area (Å²) in [5.41, 5.74) is 2.99. The van der Waals surface area contributed by atoms with Crippen LogP contribution in [0.2, 0.25) is 18.1 Å². The SMILES string of the molecule is COc1ccc(C2(C)CSc3cc(OC)ccc3C2CCCCCCCCO[Si](C)(C)C(C)(C)C)cc1. The zero-order chi connectivity index (χ0) is 27.1. The third kappa shape index (κ3) is 7.58. The van der Waals surface area contributed by atoms with Gasteiger partial charge in [-0.15, -0.1) is 11.8 Å². The molecule has 0 saturated carbocycles. The van der Waals surface area contributed by atoms with Gasteiger partial charge in [0.1, 0.15) is 11.5 Å². The molecule has 0 N–H and O–H groups in total. The first-order chi connectivity index (χ1) is 17.5. The van der Waals surface area contributed by atoms with Gasteiger partial charge in [0.05, 0.1) is 14.2 Å². The van der Waals surface area contributed by atoms with Crippen LogP contribution in [-0.2, 0) is 9.84 Å². The van der Waals surface area contributed by atoms with Crippen LogP contribution in [-0.4, -0.2) is 34.9 Å². The molecule has 2 unspecified atom stereocenters. The molecule has 0 saturated heterocycles. The van der Waals surface area contributed by atoms with Gasteiger partial charge in [-0.05, 0) is 72.3 Å². The first-order valence-electron chi connectivity index (χ1n) is 14.1. The highest BCUT2D eigenvalue weighted by atomic mass is 32.2. The van der Waals surface area contributed by atoms with Gasteiger partial charge >= 0.3 is 0 Å². The second kappa shape index (κ2) is 13.1. The Hall–Kier alpha value is -1.43. The van der Waals surface area contributed by atoms with E-state index in [0.717, 1.165) is 23.9 Å². The molecule has 0 amide bonds. The van der Waals surface area contributed by atoms with Crippen LogP contribution in [0.5, 0.6) is 11.5 Å². The minimum atomic E-state index is -1.60.